The fraction of sp³-hybridized carbons (Fsp3) is 0.107. The molecule has 0 unspecified atom stereocenters. The molecule has 5 aromatic rings. The Morgan fingerprint density at radius 1 is 0.949 bits per heavy atom. The Balaban J connectivity index is 1.24. The van der Waals surface area contributed by atoms with E-state index < -0.39 is 11.7 Å². The maximum Gasteiger partial charge on any atom is 0.273 e. The summed E-state index contributed by atoms with van der Waals surface area (Å²) in [5.74, 6) is -0.0923. The van der Waals surface area contributed by atoms with Crippen molar-refractivity contribution in [3.63, 3.8) is 0 Å². The molecule has 0 saturated heterocycles. The van der Waals surface area contributed by atoms with Gasteiger partial charge in [0.05, 0.1) is 24.7 Å². The van der Waals surface area contributed by atoms with Crippen molar-refractivity contribution in [1.29, 1.82) is 0 Å². The SMILES string of the molecule is COc1ccc(-c2ccc(CNC(=O)c3ncc(-c4ncc(C)c(Nc5cccnc5)n4)cc3F)cn2)cn1. The number of hydrogen-bond acceptors (Lipinski definition) is 9. The molecule has 0 spiro atoms. The summed E-state index contributed by atoms with van der Waals surface area (Å²) in [5, 5.41) is 5.85. The number of hydrogen-bond donors (Lipinski definition) is 2. The largest absolute Gasteiger partial charge is 0.481 e. The molecule has 39 heavy (non-hydrogen) atoms. The molecule has 1 amide bonds. The van der Waals surface area contributed by atoms with Crippen molar-refractivity contribution >= 4 is 17.4 Å². The van der Waals surface area contributed by atoms with Gasteiger partial charge in [-0.1, -0.05) is 6.07 Å². The molecule has 0 saturated carbocycles. The second-order valence-electron chi connectivity index (χ2n) is 8.47. The molecular weight excluding hydrogens is 499 g/mol. The predicted octanol–water partition coefficient (Wildman–Crippen LogP) is 4.52. The summed E-state index contributed by atoms with van der Waals surface area (Å²) < 4.78 is 20.0. The first-order valence-corrected chi connectivity index (χ1v) is 11.9. The lowest BCUT2D eigenvalue weighted by molar-refractivity contribution is 0.0941. The summed E-state index contributed by atoms with van der Waals surface area (Å²) in [6.07, 6.45) is 9.64. The maximum atomic E-state index is 14.9. The van der Waals surface area contributed by atoms with Crippen LogP contribution in [0.5, 0.6) is 5.88 Å². The Morgan fingerprint density at radius 2 is 1.82 bits per heavy atom. The van der Waals surface area contributed by atoms with Crippen LogP contribution in [0.1, 0.15) is 21.6 Å². The van der Waals surface area contributed by atoms with Gasteiger partial charge in [-0.15, -0.1) is 0 Å². The predicted molar refractivity (Wildman–Crippen MR) is 143 cm³/mol. The number of nitrogens with zero attached hydrogens (tertiary/aromatic N) is 6. The molecule has 5 rings (SSSR count). The van der Waals surface area contributed by atoms with Crippen LogP contribution in [0.3, 0.4) is 0 Å². The molecule has 0 fully saturated rings. The molecule has 0 bridgehead atoms. The van der Waals surface area contributed by atoms with Crippen molar-refractivity contribution in [3.8, 4) is 28.5 Å². The number of aromatic nitrogens is 6. The number of halogens is 1. The Labute approximate surface area is 223 Å². The molecule has 0 aliphatic heterocycles. The van der Waals surface area contributed by atoms with Gasteiger partial charge in [-0.3, -0.25) is 14.8 Å². The molecule has 0 atom stereocenters. The highest BCUT2D eigenvalue weighted by Gasteiger charge is 2.16. The van der Waals surface area contributed by atoms with Crippen LogP contribution < -0.4 is 15.4 Å². The van der Waals surface area contributed by atoms with Gasteiger partial charge in [0, 0.05) is 60.3 Å². The first-order chi connectivity index (χ1) is 19.0. The van der Waals surface area contributed by atoms with Crippen LogP contribution in [0.2, 0.25) is 0 Å². The third-order valence-corrected chi connectivity index (χ3v) is 5.73. The summed E-state index contributed by atoms with van der Waals surface area (Å²) in [6, 6.07) is 12.1. The van der Waals surface area contributed by atoms with Crippen LogP contribution in [-0.2, 0) is 6.54 Å². The Hall–Kier alpha value is -5.32. The zero-order chi connectivity index (χ0) is 27.2. The van der Waals surface area contributed by atoms with E-state index in [-0.39, 0.29) is 18.1 Å². The molecule has 10 nitrogen and oxygen atoms in total. The summed E-state index contributed by atoms with van der Waals surface area (Å²) in [5.41, 5.74) is 3.86. The van der Waals surface area contributed by atoms with E-state index in [4.69, 9.17) is 4.74 Å². The standard InChI is InChI=1S/C28H23FN8O2/c1-17-11-34-27(37-26(17)36-21-4-3-9-30-16-21)20-10-22(29)25(33-15-20)28(38)35-13-18-5-7-23(31-12-18)19-6-8-24(39-2)32-14-19/h3-12,14-16H,13H2,1-2H3,(H,35,38)(H,34,36,37). The van der Waals surface area contributed by atoms with Crippen LogP contribution >= 0.6 is 0 Å². The smallest absolute Gasteiger partial charge is 0.273 e. The van der Waals surface area contributed by atoms with Crippen molar-refractivity contribution < 1.29 is 13.9 Å². The van der Waals surface area contributed by atoms with Crippen molar-refractivity contribution in [2.45, 2.75) is 13.5 Å². The van der Waals surface area contributed by atoms with Gasteiger partial charge in [-0.2, -0.15) is 0 Å². The highest BCUT2D eigenvalue weighted by molar-refractivity contribution is 5.92. The number of amides is 1. The maximum absolute atomic E-state index is 14.9. The monoisotopic (exact) mass is 522 g/mol. The van der Waals surface area contributed by atoms with Crippen molar-refractivity contribution in [3.05, 3.63) is 102 Å². The van der Waals surface area contributed by atoms with E-state index in [0.29, 0.717) is 17.3 Å². The van der Waals surface area contributed by atoms with Crippen molar-refractivity contribution in [1.82, 2.24) is 35.2 Å². The van der Waals surface area contributed by atoms with Crippen LogP contribution in [0.25, 0.3) is 22.6 Å². The van der Waals surface area contributed by atoms with E-state index in [0.717, 1.165) is 28.1 Å². The van der Waals surface area contributed by atoms with Gasteiger partial charge in [0.1, 0.15) is 5.82 Å². The van der Waals surface area contributed by atoms with Crippen molar-refractivity contribution in [2.24, 2.45) is 0 Å². The average Bonchev–Trinajstić information content (AvgIpc) is 2.98. The average molecular weight is 523 g/mol. The molecule has 2 N–H and O–H groups in total. The third-order valence-electron chi connectivity index (χ3n) is 5.73. The van der Waals surface area contributed by atoms with Crippen LogP contribution in [0.15, 0.2) is 79.6 Å². The molecular formula is C28H23FN8O2. The zero-order valence-electron chi connectivity index (χ0n) is 21.1. The molecule has 0 radical (unpaired) electrons. The number of pyridine rings is 4. The number of aryl methyl sites for hydroxylation is 1. The van der Waals surface area contributed by atoms with E-state index in [1.807, 2.05) is 31.2 Å². The first kappa shape index (κ1) is 25.3. The third kappa shape index (κ3) is 5.99. The molecule has 194 valence electrons. The fourth-order valence-electron chi connectivity index (χ4n) is 3.63. The molecule has 5 aromatic heterocycles. The van der Waals surface area contributed by atoms with Gasteiger partial charge in [0.25, 0.3) is 5.91 Å². The summed E-state index contributed by atoms with van der Waals surface area (Å²) in [7, 11) is 1.55. The lowest BCUT2D eigenvalue weighted by Gasteiger charge is -2.10. The highest BCUT2D eigenvalue weighted by atomic mass is 19.1. The van der Waals surface area contributed by atoms with E-state index in [9.17, 15) is 9.18 Å². The van der Waals surface area contributed by atoms with E-state index >= 15 is 0 Å². The quantitative estimate of drug-likeness (QED) is 0.302. The number of rotatable bonds is 8. The fourth-order valence-corrected chi connectivity index (χ4v) is 3.63. The van der Waals surface area contributed by atoms with Gasteiger partial charge >= 0.3 is 0 Å². The number of carbonyl (C=O) groups excluding carboxylic acids is 1. The first-order valence-electron chi connectivity index (χ1n) is 11.9. The summed E-state index contributed by atoms with van der Waals surface area (Å²) >= 11 is 0. The Kier molecular flexibility index (Phi) is 7.39. The summed E-state index contributed by atoms with van der Waals surface area (Å²) in [6.45, 7) is 2.01. The molecule has 0 aliphatic rings. The van der Waals surface area contributed by atoms with Gasteiger partial charge in [0.2, 0.25) is 5.88 Å². The summed E-state index contributed by atoms with van der Waals surface area (Å²) in [4.78, 5) is 38.1. The topological polar surface area (TPSA) is 128 Å². The van der Waals surface area contributed by atoms with E-state index in [2.05, 4.69) is 40.5 Å². The van der Waals surface area contributed by atoms with Crippen LogP contribution in [-0.4, -0.2) is 42.9 Å². The minimum atomic E-state index is -0.781. The normalized spacial score (nSPS) is 10.6. The molecule has 5 heterocycles. The number of nitrogens with one attached hydrogen (secondary N) is 2. The van der Waals surface area contributed by atoms with Crippen LogP contribution in [0.4, 0.5) is 15.9 Å². The molecule has 0 aromatic carbocycles. The zero-order valence-corrected chi connectivity index (χ0v) is 21.1. The minimum Gasteiger partial charge on any atom is -0.481 e. The highest BCUT2D eigenvalue weighted by Crippen LogP contribution is 2.23. The molecule has 11 heteroatoms. The lowest BCUT2D eigenvalue weighted by atomic mass is 10.1. The minimum absolute atomic E-state index is 0.153. The number of anilines is 2. The van der Waals surface area contributed by atoms with Gasteiger partial charge in [0.15, 0.2) is 17.3 Å². The number of methoxy groups -OCH3 is 1. The molecule has 0 aliphatic carbocycles. The van der Waals surface area contributed by atoms with Gasteiger partial charge in [-0.25, -0.2) is 24.3 Å². The number of ether oxygens (including phenoxy) is 1. The Morgan fingerprint density at radius 3 is 2.51 bits per heavy atom. The van der Waals surface area contributed by atoms with Crippen molar-refractivity contribution in [2.75, 3.05) is 12.4 Å². The second-order valence-corrected chi connectivity index (χ2v) is 8.47. The number of carbonyl (C=O) groups is 1. The van der Waals surface area contributed by atoms with Crippen LogP contribution in [0, 0.1) is 12.7 Å². The van der Waals surface area contributed by atoms with Gasteiger partial charge < -0.3 is 15.4 Å². The van der Waals surface area contributed by atoms with Gasteiger partial charge in [-0.05, 0) is 42.8 Å². The van der Waals surface area contributed by atoms with E-state index in [1.165, 1.54) is 12.3 Å². The second kappa shape index (κ2) is 11.4. The Bertz CT molecular complexity index is 1600. The van der Waals surface area contributed by atoms with E-state index in [1.54, 1.807) is 50.2 Å². The lowest BCUT2D eigenvalue weighted by Crippen LogP contribution is -2.25.